The number of hydrogen-bond donors (Lipinski definition) is 1. The van der Waals surface area contributed by atoms with Crippen molar-refractivity contribution in [1.29, 1.82) is 0 Å². The van der Waals surface area contributed by atoms with E-state index in [1.807, 2.05) is 0 Å². The lowest BCUT2D eigenvalue weighted by molar-refractivity contribution is 0.321. The van der Waals surface area contributed by atoms with Gasteiger partial charge in [0, 0.05) is 6.04 Å². The second kappa shape index (κ2) is 5.75. The third-order valence-corrected chi connectivity index (χ3v) is 4.12. The molecule has 2 unspecified atom stereocenters. The summed E-state index contributed by atoms with van der Waals surface area (Å²) in [6, 6.07) is 5.16. The summed E-state index contributed by atoms with van der Waals surface area (Å²) in [6.45, 7) is 7.75. The first-order valence-electron chi connectivity index (χ1n) is 6.97. The maximum absolute atomic E-state index is 5.37. The smallest absolute Gasteiger partial charge is 0.122 e. The fourth-order valence-electron chi connectivity index (χ4n) is 2.83. The summed E-state index contributed by atoms with van der Waals surface area (Å²) in [7, 11) is 1.74. The minimum atomic E-state index is 0.694. The van der Waals surface area contributed by atoms with Gasteiger partial charge in [-0.15, -0.1) is 0 Å². The summed E-state index contributed by atoms with van der Waals surface area (Å²) in [5.74, 6) is 1.79. The number of methoxy groups -OCH3 is 1. The van der Waals surface area contributed by atoms with Gasteiger partial charge in [0.1, 0.15) is 5.75 Å². The largest absolute Gasteiger partial charge is 0.496 e. The summed E-state index contributed by atoms with van der Waals surface area (Å²) in [4.78, 5) is 0. The van der Waals surface area contributed by atoms with Crippen molar-refractivity contribution in [3.05, 3.63) is 28.8 Å². The molecule has 0 saturated carbocycles. The molecular weight excluding hydrogens is 222 g/mol. The van der Waals surface area contributed by atoms with Gasteiger partial charge in [0.2, 0.25) is 0 Å². The Hall–Kier alpha value is -1.02. The second-order valence-corrected chi connectivity index (χ2v) is 5.71. The number of benzene rings is 1. The zero-order chi connectivity index (χ0) is 13.1. The van der Waals surface area contributed by atoms with Crippen LogP contribution in [-0.2, 0) is 6.42 Å². The van der Waals surface area contributed by atoms with E-state index in [1.54, 1.807) is 7.11 Å². The van der Waals surface area contributed by atoms with E-state index < -0.39 is 0 Å². The average Bonchev–Trinajstić information content (AvgIpc) is 2.36. The van der Waals surface area contributed by atoms with Crippen LogP contribution in [0.4, 0.5) is 0 Å². The molecule has 1 saturated heterocycles. The third-order valence-electron chi connectivity index (χ3n) is 4.12. The van der Waals surface area contributed by atoms with Crippen LogP contribution in [0.1, 0.15) is 36.5 Å². The summed E-state index contributed by atoms with van der Waals surface area (Å²) in [5.41, 5.74) is 4.08. The number of nitrogens with one attached hydrogen (secondary N) is 1. The van der Waals surface area contributed by atoms with E-state index in [4.69, 9.17) is 4.74 Å². The van der Waals surface area contributed by atoms with Gasteiger partial charge in [-0.1, -0.05) is 6.07 Å². The minimum Gasteiger partial charge on any atom is -0.496 e. The molecule has 100 valence electrons. The molecule has 2 rings (SSSR count). The van der Waals surface area contributed by atoms with E-state index >= 15 is 0 Å². The Bertz CT molecular complexity index is 406. The molecule has 0 amide bonds. The Morgan fingerprint density at radius 3 is 2.61 bits per heavy atom. The molecule has 18 heavy (non-hydrogen) atoms. The topological polar surface area (TPSA) is 21.3 Å². The van der Waals surface area contributed by atoms with E-state index in [1.165, 1.54) is 36.0 Å². The van der Waals surface area contributed by atoms with Gasteiger partial charge in [0.15, 0.2) is 0 Å². The molecule has 1 heterocycles. The number of aryl methyl sites for hydroxylation is 2. The van der Waals surface area contributed by atoms with Crippen molar-refractivity contribution < 1.29 is 4.74 Å². The van der Waals surface area contributed by atoms with Gasteiger partial charge in [-0.05, 0) is 75.3 Å². The van der Waals surface area contributed by atoms with Gasteiger partial charge in [-0.3, -0.25) is 0 Å². The van der Waals surface area contributed by atoms with Crippen molar-refractivity contribution in [3.8, 4) is 5.75 Å². The van der Waals surface area contributed by atoms with Crippen molar-refractivity contribution >= 4 is 0 Å². The highest BCUT2D eigenvalue weighted by molar-refractivity contribution is 5.41. The fraction of sp³-hybridized carbons (Fsp3) is 0.625. The maximum atomic E-state index is 5.37. The highest BCUT2D eigenvalue weighted by Crippen LogP contribution is 2.26. The van der Waals surface area contributed by atoms with Gasteiger partial charge in [0.25, 0.3) is 0 Å². The van der Waals surface area contributed by atoms with E-state index in [0.717, 1.165) is 18.2 Å². The Kier molecular flexibility index (Phi) is 4.28. The molecule has 0 radical (unpaired) electrons. The first-order chi connectivity index (χ1) is 8.60. The number of hydrogen-bond acceptors (Lipinski definition) is 2. The SMILES string of the molecule is COc1cc(C)c(CC2CCC(C)NC2)cc1C. The highest BCUT2D eigenvalue weighted by atomic mass is 16.5. The predicted molar refractivity (Wildman–Crippen MR) is 76.4 cm³/mol. The lowest BCUT2D eigenvalue weighted by atomic mass is 9.88. The monoisotopic (exact) mass is 247 g/mol. The van der Waals surface area contributed by atoms with Crippen LogP contribution >= 0.6 is 0 Å². The molecule has 1 aromatic rings. The third kappa shape index (κ3) is 3.05. The zero-order valence-electron chi connectivity index (χ0n) is 12.0. The molecule has 2 heteroatoms. The van der Waals surface area contributed by atoms with Crippen LogP contribution in [0.2, 0.25) is 0 Å². The van der Waals surface area contributed by atoms with Crippen LogP contribution in [-0.4, -0.2) is 19.7 Å². The summed E-state index contributed by atoms with van der Waals surface area (Å²) in [6.07, 6.45) is 3.84. The van der Waals surface area contributed by atoms with Gasteiger partial charge in [-0.25, -0.2) is 0 Å². The first kappa shape index (κ1) is 13.4. The van der Waals surface area contributed by atoms with Crippen LogP contribution in [0.15, 0.2) is 12.1 Å². The quantitative estimate of drug-likeness (QED) is 0.885. The molecule has 2 atom stereocenters. The van der Waals surface area contributed by atoms with Crippen molar-refractivity contribution in [2.24, 2.45) is 5.92 Å². The zero-order valence-corrected chi connectivity index (χ0v) is 12.0. The lowest BCUT2D eigenvalue weighted by Crippen LogP contribution is -2.37. The van der Waals surface area contributed by atoms with Crippen molar-refractivity contribution in [2.45, 2.75) is 46.1 Å². The number of piperidine rings is 1. The van der Waals surface area contributed by atoms with Crippen molar-refractivity contribution in [2.75, 3.05) is 13.7 Å². The number of ether oxygens (including phenoxy) is 1. The van der Waals surface area contributed by atoms with Gasteiger partial charge < -0.3 is 10.1 Å². The summed E-state index contributed by atoms with van der Waals surface area (Å²) < 4.78 is 5.37. The van der Waals surface area contributed by atoms with E-state index in [-0.39, 0.29) is 0 Å². The van der Waals surface area contributed by atoms with Crippen LogP contribution in [0, 0.1) is 19.8 Å². The van der Waals surface area contributed by atoms with Gasteiger partial charge in [-0.2, -0.15) is 0 Å². The minimum absolute atomic E-state index is 0.694. The molecule has 1 aliphatic rings. The normalized spacial score (nSPS) is 24.0. The van der Waals surface area contributed by atoms with Crippen LogP contribution in [0.3, 0.4) is 0 Å². The van der Waals surface area contributed by atoms with E-state index in [0.29, 0.717) is 6.04 Å². The van der Waals surface area contributed by atoms with Crippen molar-refractivity contribution in [3.63, 3.8) is 0 Å². The molecule has 1 aromatic carbocycles. The van der Waals surface area contributed by atoms with E-state index in [2.05, 4.69) is 38.2 Å². The first-order valence-corrected chi connectivity index (χ1v) is 6.97. The van der Waals surface area contributed by atoms with Gasteiger partial charge in [0.05, 0.1) is 7.11 Å². The molecule has 1 fully saturated rings. The lowest BCUT2D eigenvalue weighted by Gasteiger charge is -2.28. The molecule has 0 aromatic heterocycles. The fourth-order valence-corrected chi connectivity index (χ4v) is 2.83. The molecule has 1 aliphatic heterocycles. The van der Waals surface area contributed by atoms with Crippen LogP contribution in [0.5, 0.6) is 5.75 Å². The highest BCUT2D eigenvalue weighted by Gasteiger charge is 2.18. The Balaban J connectivity index is 2.07. The van der Waals surface area contributed by atoms with Crippen LogP contribution in [0.25, 0.3) is 0 Å². The molecule has 2 nitrogen and oxygen atoms in total. The predicted octanol–water partition coefficient (Wildman–Crippen LogP) is 3.24. The Labute approximate surface area is 111 Å². The number of rotatable bonds is 3. The Morgan fingerprint density at radius 1 is 1.22 bits per heavy atom. The second-order valence-electron chi connectivity index (χ2n) is 5.71. The molecular formula is C16H25NO. The van der Waals surface area contributed by atoms with Crippen molar-refractivity contribution in [1.82, 2.24) is 5.32 Å². The van der Waals surface area contributed by atoms with E-state index in [9.17, 15) is 0 Å². The Morgan fingerprint density at radius 2 is 2.00 bits per heavy atom. The maximum Gasteiger partial charge on any atom is 0.122 e. The average molecular weight is 247 g/mol. The molecule has 1 N–H and O–H groups in total. The standard InChI is InChI=1S/C16H25NO/c1-11-8-16(18-4)12(2)7-15(11)9-14-6-5-13(3)17-10-14/h7-8,13-14,17H,5-6,9-10H2,1-4H3. The van der Waals surface area contributed by atoms with Crippen LogP contribution < -0.4 is 10.1 Å². The molecule has 0 aliphatic carbocycles. The molecule has 0 spiro atoms. The van der Waals surface area contributed by atoms with Gasteiger partial charge >= 0.3 is 0 Å². The molecule has 0 bridgehead atoms. The summed E-state index contributed by atoms with van der Waals surface area (Å²) >= 11 is 0. The summed E-state index contributed by atoms with van der Waals surface area (Å²) in [5, 5.41) is 3.58.